The van der Waals surface area contributed by atoms with E-state index in [-0.39, 0.29) is 28.7 Å². The lowest BCUT2D eigenvalue weighted by molar-refractivity contribution is -0.204. The lowest BCUT2D eigenvalue weighted by Crippen LogP contribution is -2.38. The fourth-order valence-electron chi connectivity index (χ4n) is 1.98. The summed E-state index contributed by atoms with van der Waals surface area (Å²) in [5.74, 6) is -1.46. The lowest BCUT2D eigenvalue weighted by Gasteiger charge is -2.32. The summed E-state index contributed by atoms with van der Waals surface area (Å²) in [7, 11) is 0. The van der Waals surface area contributed by atoms with Crippen molar-refractivity contribution in [1.82, 2.24) is 0 Å². The number of nitrogens with two attached hydrogens (primary N) is 1. The van der Waals surface area contributed by atoms with E-state index in [9.17, 15) is 5.26 Å². The molecule has 2 unspecified atom stereocenters. The Bertz CT molecular complexity index is 570. The topological polar surface area (TPSA) is 116 Å². The molecule has 2 N–H and O–H groups in total. The van der Waals surface area contributed by atoms with E-state index in [1.165, 1.54) is 0 Å². The second kappa shape index (κ2) is 6.10. The van der Waals surface area contributed by atoms with E-state index in [0.29, 0.717) is 12.8 Å². The molecule has 2 atom stereocenters. The average Bonchev–Trinajstić information content (AvgIpc) is 2.73. The summed E-state index contributed by atoms with van der Waals surface area (Å²) in [6.07, 6.45) is 0.870. The molecule has 1 aliphatic heterocycles. The van der Waals surface area contributed by atoms with Gasteiger partial charge in [-0.25, -0.2) is 0 Å². The molecule has 0 aromatic rings. The van der Waals surface area contributed by atoms with Gasteiger partial charge in [-0.15, -0.1) is 0 Å². The minimum atomic E-state index is -1.34. The number of hydrogen-bond acceptors (Lipinski definition) is 6. The minimum absolute atomic E-state index is 0.00625. The zero-order chi connectivity index (χ0) is 15.3. The molecule has 0 aliphatic carbocycles. The third-order valence-corrected chi connectivity index (χ3v) is 3.17. The largest absolute Gasteiger partial charge is 0.442 e. The van der Waals surface area contributed by atoms with Gasteiger partial charge in [0.1, 0.15) is 29.4 Å². The third kappa shape index (κ3) is 2.45. The van der Waals surface area contributed by atoms with Crippen LogP contribution in [0.2, 0.25) is 0 Å². The Labute approximate surface area is 118 Å². The maximum Gasteiger partial charge on any atom is 0.242 e. The highest BCUT2D eigenvalue weighted by atomic mass is 16.7. The lowest BCUT2D eigenvalue weighted by atomic mass is 9.93. The molecule has 0 amide bonds. The highest BCUT2D eigenvalue weighted by Crippen LogP contribution is 2.43. The standard InChI is InChI=1S/C14H16N4O2/c1-4-9(3)19-14(5-2)12(10(6-15)7-16)11(8-17)13(18)20-14/h9H,4-5,18H2,1-3H3. The Kier molecular flexibility index (Phi) is 4.75. The summed E-state index contributed by atoms with van der Waals surface area (Å²) in [5.41, 5.74) is 5.61. The minimum Gasteiger partial charge on any atom is -0.442 e. The van der Waals surface area contributed by atoms with Crippen molar-refractivity contribution < 1.29 is 9.47 Å². The molecule has 20 heavy (non-hydrogen) atoms. The van der Waals surface area contributed by atoms with Gasteiger partial charge >= 0.3 is 0 Å². The maximum absolute atomic E-state index is 9.19. The Morgan fingerprint density at radius 2 is 1.95 bits per heavy atom. The van der Waals surface area contributed by atoms with Crippen molar-refractivity contribution in [1.29, 1.82) is 15.8 Å². The van der Waals surface area contributed by atoms with E-state index in [0.717, 1.165) is 0 Å². The quantitative estimate of drug-likeness (QED) is 0.782. The van der Waals surface area contributed by atoms with Gasteiger partial charge < -0.3 is 15.2 Å². The normalized spacial score (nSPS) is 22.5. The van der Waals surface area contributed by atoms with E-state index >= 15 is 0 Å². The monoisotopic (exact) mass is 272 g/mol. The van der Waals surface area contributed by atoms with E-state index in [1.807, 2.05) is 19.9 Å². The highest BCUT2D eigenvalue weighted by Gasteiger charge is 2.48. The van der Waals surface area contributed by atoms with Crippen LogP contribution in [-0.4, -0.2) is 11.9 Å². The van der Waals surface area contributed by atoms with Gasteiger partial charge in [0.15, 0.2) is 0 Å². The van der Waals surface area contributed by atoms with Crippen LogP contribution in [0, 0.1) is 34.0 Å². The number of ether oxygens (including phenoxy) is 2. The van der Waals surface area contributed by atoms with Gasteiger partial charge in [-0.05, 0) is 13.3 Å². The molecule has 6 nitrogen and oxygen atoms in total. The Morgan fingerprint density at radius 1 is 1.35 bits per heavy atom. The highest BCUT2D eigenvalue weighted by molar-refractivity contribution is 5.60. The van der Waals surface area contributed by atoms with Crippen molar-refractivity contribution in [2.45, 2.75) is 45.5 Å². The first-order chi connectivity index (χ1) is 9.49. The van der Waals surface area contributed by atoms with E-state index < -0.39 is 5.79 Å². The van der Waals surface area contributed by atoms with Gasteiger partial charge in [-0.2, -0.15) is 15.8 Å². The molecule has 0 saturated heterocycles. The number of allylic oxidation sites excluding steroid dienone is 1. The van der Waals surface area contributed by atoms with Gasteiger partial charge in [-0.1, -0.05) is 13.8 Å². The molecule has 0 bridgehead atoms. The molecule has 6 heteroatoms. The molecule has 0 aromatic carbocycles. The number of nitriles is 3. The first-order valence-corrected chi connectivity index (χ1v) is 6.31. The van der Waals surface area contributed by atoms with Crippen molar-refractivity contribution >= 4 is 0 Å². The first kappa shape index (κ1) is 15.6. The summed E-state index contributed by atoms with van der Waals surface area (Å²) in [4.78, 5) is 0. The van der Waals surface area contributed by atoms with Crippen LogP contribution in [0.4, 0.5) is 0 Å². The summed E-state index contributed by atoms with van der Waals surface area (Å²) >= 11 is 0. The molecule has 1 rings (SSSR count). The predicted octanol–water partition coefficient (Wildman–Crippen LogP) is 1.98. The van der Waals surface area contributed by atoms with Crippen LogP contribution in [-0.2, 0) is 9.47 Å². The number of hydrogen-bond donors (Lipinski definition) is 1. The Morgan fingerprint density at radius 3 is 2.35 bits per heavy atom. The summed E-state index contributed by atoms with van der Waals surface area (Å²) < 4.78 is 11.4. The molecule has 0 saturated carbocycles. The van der Waals surface area contributed by atoms with Gasteiger partial charge in [0.2, 0.25) is 11.7 Å². The van der Waals surface area contributed by atoms with Gasteiger partial charge in [0.05, 0.1) is 11.7 Å². The van der Waals surface area contributed by atoms with Gasteiger partial charge in [0, 0.05) is 6.42 Å². The van der Waals surface area contributed by atoms with E-state index in [4.69, 9.17) is 25.7 Å². The molecule has 0 fully saturated rings. The third-order valence-electron chi connectivity index (χ3n) is 3.17. The molecule has 0 aromatic heterocycles. The predicted molar refractivity (Wildman–Crippen MR) is 70.0 cm³/mol. The van der Waals surface area contributed by atoms with Crippen LogP contribution < -0.4 is 5.73 Å². The van der Waals surface area contributed by atoms with Crippen molar-refractivity contribution in [2.24, 2.45) is 5.73 Å². The molecule has 104 valence electrons. The van der Waals surface area contributed by atoms with Crippen LogP contribution in [0.1, 0.15) is 33.6 Å². The van der Waals surface area contributed by atoms with Crippen molar-refractivity contribution in [3.63, 3.8) is 0 Å². The molecular weight excluding hydrogens is 256 g/mol. The van der Waals surface area contributed by atoms with Crippen molar-refractivity contribution in [3.05, 3.63) is 22.6 Å². The Hall–Kier alpha value is -2.49. The van der Waals surface area contributed by atoms with Gasteiger partial charge in [-0.3, -0.25) is 0 Å². The van der Waals surface area contributed by atoms with Crippen LogP contribution >= 0.6 is 0 Å². The SMILES string of the molecule is CCC(C)OC1(CC)OC(N)=C(C#N)C1=C(C#N)C#N. The molecular formula is C14H16N4O2. The fourth-order valence-corrected chi connectivity index (χ4v) is 1.98. The van der Waals surface area contributed by atoms with E-state index in [2.05, 4.69) is 0 Å². The second-order valence-corrected chi connectivity index (χ2v) is 4.37. The zero-order valence-electron chi connectivity index (χ0n) is 11.7. The van der Waals surface area contributed by atoms with Crippen LogP contribution in [0.3, 0.4) is 0 Å². The first-order valence-electron chi connectivity index (χ1n) is 6.31. The second-order valence-electron chi connectivity index (χ2n) is 4.37. The number of nitrogens with zero attached hydrogens (tertiary/aromatic N) is 3. The average molecular weight is 272 g/mol. The van der Waals surface area contributed by atoms with Crippen LogP contribution in [0.25, 0.3) is 0 Å². The maximum atomic E-state index is 9.19. The Balaban J connectivity index is 3.50. The van der Waals surface area contributed by atoms with Crippen molar-refractivity contribution in [2.75, 3.05) is 0 Å². The summed E-state index contributed by atoms with van der Waals surface area (Å²) in [6, 6.07) is 5.44. The molecule has 0 radical (unpaired) electrons. The fraction of sp³-hybridized carbons (Fsp3) is 0.500. The summed E-state index contributed by atoms with van der Waals surface area (Å²) in [6.45, 7) is 5.56. The van der Waals surface area contributed by atoms with Crippen LogP contribution in [0.15, 0.2) is 22.6 Å². The van der Waals surface area contributed by atoms with Gasteiger partial charge in [0.25, 0.3) is 0 Å². The van der Waals surface area contributed by atoms with Crippen LogP contribution in [0.5, 0.6) is 0 Å². The smallest absolute Gasteiger partial charge is 0.242 e. The van der Waals surface area contributed by atoms with E-state index in [1.54, 1.807) is 19.1 Å². The molecule has 1 aliphatic rings. The van der Waals surface area contributed by atoms with Crippen molar-refractivity contribution in [3.8, 4) is 18.2 Å². The molecule has 1 heterocycles. The molecule has 0 spiro atoms. The summed E-state index contributed by atoms with van der Waals surface area (Å²) in [5, 5.41) is 27.4. The zero-order valence-corrected chi connectivity index (χ0v) is 11.7. The number of rotatable bonds is 4.